The Hall–Kier alpha value is -3.22. The molecule has 0 saturated heterocycles. The number of amides is 1. The van der Waals surface area contributed by atoms with Crippen LogP contribution >= 0.6 is 22.6 Å². The first-order chi connectivity index (χ1) is 17.4. The number of nitrogens with two attached hydrogens (primary N) is 1. The van der Waals surface area contributed by atoms with Crippen LogP contribution in [0.3, 0.4) is 0 Å². The third-order valence-electron chi connectivity index (χ3n) is 7.76. The lowest BCUT2D eigenvalue weighted by atomic mass is 9.58. The quantitative estimate of drug-likeness (QED) is 0.260. The molecule has 2 aromatic carbocycles. The highest BCUT2D eigenvalue weighted by molar-refractivity contribution is 14.1. The SMILES string of the molecule is CN(C)[C@@H]1C(O)=C(C(N)=O)C(=O)[C@@]2(O)C(O)=C3C(=O)c4c(O)ccc(-c5ccc(I)cc5)c4C[C@H]3C[C@@H]12. The molecule has 2 aromatic rings. The lowest BCUT2D eigenvalue weighted by Crippen LogP contribution is -2.63. The van der Waals surface area contributed by atoms with E-state index in [0.29, 0.717) is 5.56 Å². The average molecular weight is 616 g/mol. The Bertz CT molecular complexity index is 1440. The molecule has 0 fully saturated rings. The Morgan fingerprint density at radius 3 is 2.32 bits per heavy atom. The molecule has 0 radical (unpaired) electrons. The van der Waals surface area contributed by atoms with Crippen molar-refractivity contribution in [1.29, 1.82) is 0 Å². The summed E-state index contributed by atoms with van der Waals surface area (Å²) >= 11 is 2.19. The monoisotopic (exact) mass is 616 g/mol. The second-order valence-corrected chi connectivity index (χ2v) is 11.2. The van der Waals surface area contributed by atoms with Gasteiger partial charge in [-0.1, -0.05) is 18.2 Å². The number of aliphatic hydroxyl groups is 3. The van der Waals surface area contributed by atoms with Crippen LogP contribution < -0.4 is 5.73 Å². The van der Waals surface area contributed by atoms with Crippen LogP contribution in [0.25, 0.3) is 11.1 Å². The minimum absolute atomic E-state index is 0.00293. The number of hydrogen-bond acceptors (Lipinski definition) is 8. The molecule has 3 aliphatic rings. The maximum Gasteiger partial charge on any atom is 0.255 e. The highest BCUT2D eigenvalue weighted by Gasteiger charge is 2.63. The number of primary amides is 1. The Morgan fingerprint density at radius 2 is 1.73 bits per heavy atom. The van der Waals surface area contributed by atoms with Crippen molar-refractivity contribution < 1.29 is 34.8 Å². The Labute approximate surface area is 226 Å². The number of hydrogen-bond donors (Lipinski definition) is 5. The van der Waals surface area contributed by atoms with Gasteiger partial charge in [0.1, 0.15) is 22.8 Å². The maximum absolute atomic E-state index is 13.8. The number of Topliss-reactive ketones (excluding diaryl/α,β-unsaturated/α-hetero) is 2. The molecule has 5 rings (SSSR count). The lowest BCUT2D eigenvalue weighted by molar-refractivity contribution is -0.148. The molecule has 6 N–H and O–H groups in total. The first kappa shape index (κ1) is 25.4. The Kier molecular flexibility index (Phi) is 5.96. The number of carbonyl (C=O) groups excluding carboxylic acids is 3. The van der Waals surface area contributed by atoms with Crippen LogP contribution in [-0.4, -0.2) is 68.5 Å². The van der Waals surface area contributed by atoms with Crippen molar-refractivity contribution in [1.82, 2.24) is 4.90 Å². The zero-order chi connectivity index (χ0) is 27.0. The fourth-order valence-electron chi connectivity index (χ4n) is 6.15. The highest BCUT2D eigenvalue weighted by Crippen LogP contribution is 2.53. The molecule has 3 aliphatic carbocycles. The smallest absolute Gasteiger partial charge is 0.255 e. The molecule has 192 valence electrons. The van der Waals surface area contributed by atoms with Crippen LogP contribution in [0.2, 0.25) is 0 Å². The van der Waals surface area contributed by atoms with Crippen LogP contribution in [0.1, 0.15) is 22.3 Å². The molecule has 4 atom stereocenters. The summed E-state index contributed by atoms with van der Waals surface area (Å²) in [5.74, 6) is -6.61. The number of allylic oxidation sites excluding steroid dienone is 1. The number of fused-ring (bicyclic) bond motifs is 3. The minimum Gasteiger partial charge on any atom is -0.510 e. The van der Waals surface area contributed by atoms with Gasteiger partial charge in [-0.2, -0.15) is 0 Å². The fraction of sp³-hybridized carbons (Fsp3) is 0.296. The van der Waals surface area contributed by atoms with Crippen LogP contribution in [0.4, 0.5) is 0 Å². The summed E-state index contributed by atoms with van der Waals surface area (Å²) in [7, 11) is 3.19. The summed E-state index contributed by atoms with van der Waals surface area (Å²) < 4.78 is 1.03. The first-order valence-corrected chi connectivity index (χ1v) is 12.7. The van der Waals surface area contributed by atoms with Crippen molar-refractivity contribution in [3.05, 3.63) is 73.8 Å². The van der Waals surface area contributed by atoms with Gasteiger partial charge in [-0.25, -0.2) is 0 Å². The van der Waals surface area contributed by atoms with Gasteiger partial charge < -0.3 is 26.2 Å². The Balaban J connectivity index is 1.72. The van der Waals surface area contributed by atoms with Crippen molar-refractivity contribution in [2.45, 2.75) is 24.5 Å². The molecule has 37 heavy (non-hydrogen) atoms. The highest BCUT2D eigenvalue weighted by atomic mass is 127. The van der Waals surface area contributed by atoms with Gasteiger partial charge in [-0.3, -0.25) is 19.3 Å². The third-order valence-corrected chi connectivity index (χ3v) is 8.48. The van der Waals surface area contributed by atoms with Crippen LogP contribution in [0.15, 0.2) is 59.1 Å². The molecule has 0 spiro atoms. The molecule has 10 heteroatoms. The molecule has 0 bridgehead atoms. The number of nitrogens with zero attached hydrogens (tertiary/aromatic N) is 1. The molecule has 0 heterocycles. The van der Waals surface area contributed by atoms with E-state index in [2.05, 4.69) is 22.6 Å². The van der Waals surface area contributed by atoms with Gasteiger partial charge in [0.2, 0.25) is 5.78 Å². The van der Waals surface area contributed by atoms with Crippen molar-refractivity contribution in [2.24, 2.45) is 17.6 Å². The van der Waals surface area contributed by atoms with E-state index in [4.69, 9.17) is 5.73 Å². The summed E-state index contributed by atoms with van der Waals surface area (Å²) in [4.78, 5) is 40.7. The van der Waals surface area contributed by atoms with E-state index >= 15 is 0 Å². The summed E-state index contributed by atoms with van der Waals surface area (Å²) in [5.41, 5.74) is 3.91. The number of phenols is 1. The molecule has 1 amide bonds. The largest absolute Gasteiger partial charge is 0.510 e. The van der Waals surface area contributed by atoms with E-state index in [1.165, 1.54) is 11.0 Å². The number of halogens is 1. The van der Waals surface area contributed by atoms with E-state index in [1.807, 2.05) is 24.3 Å². The van der Waals surface area contributed by atoms with Gasteiger partial charge in [-0.15, -0.1) is 0 Å². The number of aliphatic hydroxyl groups excluding tert-OH is 2. The number of benzene rings is 2. The second kappa shape index (κ2) is 8.67. The van der Waals surface area contributed by atoms with E-state index in [0.717, 1.165) is 14.7 Å². The fourth-order valence-corrected chi connectivity index (χ4v) is 6.51. The van der Waals surface area contributed by atoms with E-state index in [9.17, 15) is 34.8 Å². The lowest BCUT2D eigenvalue weighted by Gasteiger charge is -2.50. The van der Waals surface area contributed by atoms with Crippen LogP contribution in [-0.2, 0) is 16.0 Å². The van der Waals surface area contributed by atoms with Gasteiger partial charge >= 0.3 is 0 Å². The number of likely N-dealkylation sites (N-methyl/N-ethyl adjacent to an activating group) is 1. The first-order valence-electron chi connectivity index (χ1n) is 11.6. The molecule has 0 aliphatic heterocycles. The van der Waals surface area contributed by atoms with Crippen molar-refractivity contribution in [3.63, 3.8) is 0 Å². The number of ketones is 2. The van der Waals surface area contributed by atoms with E-state index in [1.54, 1.807) is 20.2 Å². The van der Waals surface area contributed by atoms with Gasteiger partial charge in [0.25, 0.3) is 5.91 Å². The summed E-state index contributed by atoms with van der Waals surface area (Å²) in [6.07, 6.45) is 0.289. The number of aromatic hydroxyl groups is 1. The predicted molar refractivity (Wildman–Crippen MR) is 142 cm³/mol. The summed E-state index contributed by atoms with van der Waals surface area (Å²) in [6.45, 7) is 0. The number of carbonyl (C=O) groups is 3. The maximum atomic E-state index is 13.8. The Morgan fingerprint density at radius 1 is 1.08 bits per heavy atom. The molecule has 0 unspecified atom stereocenters. The minimum atomic E-state index is -2.64. The van der Waals surface area contributed by atoms with Gasteiger partial charge in [-0.05, 0) is 90.3 Å². The van der Waals surface area contributed by atoms with Crippen LogP contribution in [0, 0.1) is 15.4 Å². The van der Waals surface area contributed by atoms with E-state index in [-0.39, 0.29) is 29.7 Å². The van der Waals surface area contributed by atoms with Gasteiger partial charge in [0.05, 0.1) is 11.6 Å². The van der Waals surface area contributed by atoms with Gasteiger partial charge in [0, 0.05) is 15.1 Å². The summed E-state index contributed by atoms with van der Waals surface area (Å²) in [5, 5.41) is 44.5. The molecular formula is C27H25IN2O7. The molecule has 0 aromatic heterocycles. The normalized spacial score (nSPS) is 27.2. The molecular weight excluding hydrogens is 591 g/mol. The zero-order valence-electron chi connectivity index (χ0n) is 20.0. The van der Waals surface area contributed by atoms with Gasteiger partial charge in [0.15, 0.2) is 11.4 Å². The topological polar surface area (TPSA) is 161 Å². The van der Waals surface area contributed by atoms with Crippen molar-refractivity contribution >= 4 is 40.1 Å². The van der Waals surface area contributed by atoms with E-state index < -0.39 is 58.0 Å². The van der Waals surface area contributed by atoms with Crippen LogP contribution in [0.5, 0.6) is 5.75 Å². The molecule has 0 saturated carbocycles. The predicted octanol–water partition coefficient (Wildman–Crippen LogP) is 2.39. The number of phenolic OH excluding ortho intramolecular Hbond substituents is 1. The third kappa shape index (κ3) is 3.53. The standard InChI is InChI=1S/C27H25IN2O7/c1-30(2)21-16-10-12-9-15-14(11-3-5-13(28)6-4-11)7-8-17(31)19(15)22(32)18(12)24(34)27(16,37)25(35)20(23(21)33)26(29)36/h3-8,12,16,21,31,33-34,37H,9-10H2,1-2H3,(H2,29,36)/t12-,16-,21-,27-/m0/s1. The summed E-state index contributed by atoms with van der Waals surface area (Å²) in [6, 6.07) is 9.80. The van der Waals surface area contributed by atoms with Crippen molar-refractivity contribution in [3.8, 4) is 16.9 Å². The average Bonchev–Trinajstić information content (AvgIpc) is 2.82. The number of rotatable bonds is 3. The van der Waals surface area contributed by atoms with Crippen molar-refractivity contribution in [2.75, 3.05) is 14.1 Å². The molecule has 9 nitrogen and oxygen atoms in total. The second-order valence-electron chi connectivity index (χ2n) is 9.96. The zero-order valence-corrected chi connectivity index (χ0v) is 22.2.